The van der Waals surface area contributed by atoms with E-state index in [4.69, 9.17) is 9.84 Å². The summed E-state index contributed by atoms with van der Waals surface area (Å²) in [7, 11) is 0. The number of nitrogens with one attached hydrogen (secondary N) is 1. The Labute approximate surface area is 144 Å². The van der Waals surface area contributed by atoms with Gasteiger partial charge < -0.3 is 10.1 Å². The Morgan fingerprint density at radius 3 is 2.48 bits per heavy atom. The Morgan fingerprint density at radius 2 is 1.96 bits per heavy atom. The van der Waals surface area contributed by atoms with Gasteiger partial charge in [-0.3, -0.25) is 4.68 Å². The van der Waals surface area contributed by atoms with Crippen molar-refractivity contribution in [2.75, 3.05) is 12.3 Å². The molecule has 5 nitrogen and oxygen atoms in total. The smallest absolute Gasteiger partial charge is 0.407 e. The molecule has 1 N–H and O–H groups in total. The molecule has 0 aliphatic heterocycles. The zero-order valence-corrected chi connectivity index (χ0v) is 16.2. The average Bonchev–Trinajstić information content (AvgIpc) is 2.80. The van der Waals surface area contributed by atoms with Gasteiger partial charge in [-0.1, -0.05) is 20.8 Å². The molecule has 0 aliphatic carbocycles. The fourth-order valence-corrected chi connectivity index (χ4v) is 3.42. The summed E-state index contributed by atoms with van der Waals surface area (Å²) in [6.45, 7) is 13.3. The Morgan fingerprint density at radius 1 is 1.26 bits per heavy atom. The maximum atomic E-state index is 11.7. The third kappa shape index (κ3) is 6.45. The number of carbonyl (C=O) groups is 1. The van der Waals surface area contributed by atoms with Crippen LogP contribution in [0.2, 0.25) is 0 Å². The fraction of sp³-hybridized carbons (Fsp3) is 0.765. The number of thioether (sulfide) groups is 1. The summed E-state index contributed by atoms with van der Waals surface area (Å²) in [6, 6.07) is 0. The Balaban J connectivity index is 2.69. The van der Waals surface area contributed by atoms with Gasteiger partial charge in [-0.25, -0.2) is 4.79 Å². The number of carbonyl (C=O) groups excluding carboxylic acids is 1. The molecule has 6 heteroatoms. The van der Waals surface area contributed by atoms with Crippen LogP contribution < -0.4 is 5.32 Å². The van der Waals surface area contributed by atoms with Gasteiger partial charge in [0.1, 0.15) is 5.60 Å². The highest BCUT2D eigenvalue weighted by molar-refractivity contribution is 7.99. The summed E-state index contributed by atoms with van der Waals surface area (Å²) >= 11 is 1.90. The summed E-state index contributed by atoms with van der Waals surface area (Å²) in [6.07, 6.45) is 2.67. The molecule has 1 heterocycles. The van der Waals surface area contributed by atoms with E-state index < -0.39 is 5.60 Å². The number of hydrogen-bond donors (Lipinski definition) is 1. The highest BCUT2D eigenvalue weighted by Crippen LogP contribution is 2.28. The van der Waals surface area contributed by atoms with E-state index in [1.807, 2.05) is 37.2 Å². The van der Waals surface area contributed by atoms with Crippen molar-refractivity contribution in [3.8, 4) is 0 Å². The summed E-state index contributed by atoms with van der Waals surface area (Å²) in [5, 5.41) is 7.53. The number of rotatable bonds is 8. The van der Waals surface area contributed by atoms with Crippen LogP contribution in [0.25, 0.3) is 0 Å². The molecule has 0 atom stereocenters. The van der Waals surface area contributed by atoms with E-state index in [1.54, 1.807) is 0 Å². The third-order valence-corrected chi connectivity index (χ3v) is 4.56. The molecule has 0 aromatic carbocycles. The maximum absolute atomic E-state index is 11.7. The van der Waals surface area contributed by atoms with Crippen molar-refractivity contribution >= 4 is 17.9 Å². The molecule has 132 valence electrons. The first-order valence-electron chi connectivity index (χ1n) is 8.50. The Kier molecular flexibility index (Phi) is 7.95. The number of aromatic nitrogens is 2. The van der Waals surface area contributed by atoms with Crippen molar-refractivity contribution in [1.29, 1.82) is 0 Å². The largest absolute Gasteiger partial charge is 0.444 e. The van der Waals surface area contributed by atoms with Crippen molar-refractivity contribution in [2.24, 2.45) is 0 Å². The second kappa shape index (κ2) is 9.21. The zero-order chi connectivity index (χ0) is 17.5. The third-order valence-electron chi connectivity index (χ3n) is 3.19. The normalized spacial score (nSPS) is 11.6. The van der Waals surface area contributed by atoms with Gasteiger partial charge in [-0.2, -0.15) is 5.10 Å². The van der Waals surface area contributed by atoms with E-state index in [0.29, 0.717) is 13.1 Å². The van der Waals surface area contributed by atoms with Gasteiger partial charge in [0, 0.05) is 6.54 Å². The molecule has 0 spiro atoms. The van der Waals surface area contributed by atoms with Crippen LogP contribution in [0.15, 0.2) is 4.90 Å². The summed E-state index contributed by atoms with van der Waals surface area (Å²) in [5.74, 6) is 1.11. The quantitative estimate of drug-likeness (QED) is 0.725. The van der Waals surface area contributed by atoms with Crippen LogP contribution in [0, 0.1) is 0 Å². The highest BCUT2D eigenvalue weighted by atomic mass is 32.2. The van der Waals surface area contributed by atoms with Crippen LogP contribution in [-0.4, -0.2) is 33.8 Å². The topological polar surface area (TPSA) is 56.2 Å². The summed E-state index contributed by atoms with van der Waals surface area (Å²) < 4.78 is 7.29. The Hall–Kier alpha value is -1.17. The maximum Gasteiger partial charge on any atom is 0.407 e. The predicted octanol–water partition coefficient (Wildman–Crippen LogP) is 4.03. The number of aryl methyl sites for hydroxylation is 1. The molecule has 1 aromatic heterocycles. The molecule has 1 rings (SSSR count). The number of nitrogens with zero attached hydrogens (tertiary/aromatic N) is 2. The van der Waals surface area contributed by atoms with E-state index in [2.05, 4.69) is 26.1 Å². The van der Waals surface area contributed by atoms with Crippen molar-refractivity contribution in [1.82, 2.24) is 15.1 Å². The predicted molar refractivity (Wildman–Crippen MR) is 96.2 cm³/mol. The van der Waals surface area contributed by atoms with E-state index >= 15 is 0 Å². The molecule has 0 radical (unpaired) electrons. The van der Waals surface area contributed by atoms with Crippen molar-refractivity contribution in [3.63, 3.8) is 0 Å². The van der Waals surface area contributed by atoms with Crippen molar-refractivity contribution < 1.29 is 9.53 Å². The monoisotopic (exact) mass is 341 g/mol. The highest BCUT2D eigenvalue weighted by Gasteiger charge is 2.17. The fourth-order valence-electron chi connectivity index (χ4n) is 2.24. The molecular weight excluding hydrogens is 310 g/mol. The lowest BCUT2D eigenvalue weighted by Crippen LogP contribution is -2.34. The van der Waals surface area contributed by atoms with E-state index in [1.165, 1.54) is 10.6 Å². The number of ether oxygens (including phenoxy) is 1. The van der Waals surface area contributed by atoms with Gasteiger partial charge in [-0.15, -0.1) is 11.8 Å². The summed E-state index contributed by atoms with van der Waals surface area (Å²) in [4.78, 5) is 13.0. The average molecular weight is 342 g/mol. The van der Waals surface area contributed by atoms with E-state index in [9.17, 15) is 4.79 Å². The Bertz CT molecular complexity index is 507. The van der Waals surface area contributed by atoms with Crippen LogP contribution in [0.5, 0.6) is 0 Å². The lowest BCUT2D eigenvalue weighted by Gasteiger charge is -2.19. The zero-order valence-electron chi connectivity index (χ0n) is 15.4. The molecular formula is C17H31N3O2S. The minimum atomic E-state index is -0.469. The van der Waals surface area contributed by atoms with Gasteiger partial charge in [0.2, 0.25) is 0 Å². The second-order valence-corrected chi connectivity index (χ2v) is 7.54. The van der Waals surface area contributed by atoms with Crippen LogP contribution in [-0.2, 0) is 24.1 Å². The first kappa shape index (κ1) is 19.9. The summed E-state index contributed by atoms with van der Waals surface area (Å²) in [5.41, 5.74) is 1.97. The molecule has 0 unspecified atom stereocenters. The SMILES string of the molecule is CCCSc1c(CC)nn(CCNC(=O)OC(C)(C)C)c1CC. The molecule has 23 heavy (non-hydrogen) atoms. The van der Waals surface area contributed by atoms with Gasteiger partial charge >= 0.3 is 6.09 Å². The van der Waals surface area contributed by atoms with Crippen molar-refractivity contribution in [2.45, 2.75) is 77.8 Å². The minimum Gasteiger partial charge on any atom is -0.444 e. The van der Waals surface area contributed by atoms with E-state index in [-0.39, 0.29) is 6.09 Å². The molecule has 0 bridgehead atoms. The first-order chi connectivity index (χ1) is 10.8. The van der Waals surface area contributed by atoms with Gasteiger partial charge in [0.25, 0.3) is 0 Å². The van der Waals surface area contributed by atoms with Crippen LogP contribution >= 0.6 is 11.8 Å². The van der Waals surface area contributed by atoms with E-state index in [0.717, 1.165) is 30.7 Å². The molecule has 0 fully saturated rings. The second-order valence-electron chi connectivity index (χ2n) is 6.43. The van der Waals surface area contributed by atoms with Gasteiger partial charge in [0.05, 0.1) is 22.8 Å². The molecule has 0 aliphatic rings. The number of alkyl carbamates (subject to hydrolysis) is 1. The van der Waals surface area contributed by atoms with Crippen LogP contribution in [0.3, 0.4) is 0 Å². The number of amides is 1. The number of hydrogen-bond acceptors (Lipinski definition) is 4. The van der Waals surface area contributed by atoms with Gasteiger partial charge in [-0.05, 0) is 45.8 Å². The van der Waals surface area contributed by atoms with Crippen LogP contribution in [0.4, 0.5) is 4.79 Å². The first-order valence-corrected chi connectivity index (χ1v) is 9.49. The molecule has 1 aromatic rings. The lowest BCUT2D eigenvalue weighted by molar-refractivity contribution is 0.0525. The van der Waals surface area contributed by atoms with Crippen LogP contribution in [0.1, 0.15) is 59.4 Å². The standard InChI is InChI=1S/C17H31N3O2S/c1-7-12-23-15-13(8-2)19-20(14(15)9-3)11-10-18-16(21)22-17(4,5)6/h7-12H2,1-6H3,(H,18,21). The minimum absolute atomic E-state index is 0.376. The van der Waals surface area contributed by atoms with Gasteiger partial charge in [0.15, 0.2) is 0 Å². The van der Waals surface area contributed by atoms with Crippen molar-refractivity contribution in [3.05, 3.63) is 11.4 Å². The lowest BCUT2D eigenvalue weighted by atomic mass is 10.2. The molecule has 0 saturated heterocycles. The molecule has 0 saturated carbocycles. The molecule has 1 amide bonds.